The number of likely N-dealkylation sites (tertiary alicyclic amines) is 1. The third-order valence-electron chi connectivity index (χ3n) is 8.16. The molecule has 2 saturated carbocycles. The number of ketones is 1. The van der Waals surface area contributed by atoms with Gasteiger partial charge in [0, 0.05) is 42.7 Å². The highest BCUT2D eigenvalue weighted by Gasteiger charge is 2.34. The number of Topliss-reactive ketones (excluding diaryl/α,β-unsaturated/α-hetero) is 1. The summed E-state index contributed by atoms with van der Waals surface area (Å²) in [6.07, 6.45) is 7.52. The Morgan fingerprint density at radius 3 is 2.38 bits per heavy atom. The van der Waals surface area contributed by atoms with Gasteiger partial charge >= 0.3 is 0 Å². The first kappa shape index (κ1) is 24.9. The van der Waals surface area contributed by atoms with Gasteiger partial charge in [-0.25, -0.2) is 4.39 Å². The smallest absolute Gasteiger partial charge is 0.169 e. The van der Waals surface area contributed by atoms with Crippen LogP contribution >= 0.6 is 23.2 Å². The van der Waals surface area contributed by atoms with Crippen molar-refractivity contribution < 1.29 is 14.3 Å². The number of rotatable bonds is 6. The number of benzene rings is 2. The maximum atomic E-state index is 13.7. The average Bonchev–Trinajstić information content (AvgIpc) is 3.67. The number of aromatic hydroxyl groups is 1. The van der Waals surface area contributed by atoms with Gasteiger partial charge in [0.1, 0.15) is 6.17 Å². The zero-order chi connectivity index (χ0) is 25.7. The molecule has 0 radical (unpaired) electrons. The molecule has 1 aromatic heterocycles. The molecule has 1 saturated heterocycles. The molecule has 1 aliphatic heterocycles. The lowest BCUT2D eigenvalue weighted by Gasteiger charge is -2.35. The summed E-state index contributed by atoms with van der Waals surface area (Å²) in [7, 11) is 0. The zero-order valence-corrected chi connectivity index (χ0v) is 22.0. The van der Waals surface area contributed by atoms with Crippen molar-refractivity contribution in [2.45, 2.75) is 63.2 Å². The first-order valence-corrected chi connectivity index (χ1v) is 13.9. The largest absolute Gasteiger partial charge is 0.505 e. The molecule has 2 N–H and O–H groups in total. The summed E-state index contributed by atoms with van der Waals surface area (Å²) in [6.45, 7) is 1.42. The van der Waals surface area contributed by atoms with E-state index in [-0.39, 0.29) is 33.5 Å². The number of phenols is 1. The number of nitrogens with zero attached hydrogens (tertiary/aromatic N) is 2. The molecule has 0 amide bonds. The molecule has 3 aliphatic rings. The second-order valence-electron chi connectivity index (χ2n) is 10.7. The number of phenolic OH excluding ortho intramolecular Hbond substituents is 1. The molecule has 3 aromatic rings. The molecule has 2 heterocycles. The van der Waals surface area contributed by atoms with Gasteiger partial charge in [0.2, 0.25) is 0 Å². The first-order chi connectivity index (χ1) is 17.9. The van der Waals surface area contributed by atoms with Gasteiger partial charge in [0.05, 0.1) is 26.8 Å². The molecular formula is C29H30Cl2FN3O2. The number of anilines is 1. The van der Waals surface area contributed by atoms with E-state index < -0.39 is 6.17 Å². The molecule has 2 aromatic carbocycles. The number of hydrogen-bond acceptors (Lipinski definition) is 5. The minimum absolute atomic E-state index is 0.0808. The normalized spacial score (nSPS) is 24.5. The molecule has 1 unspecified atom stereocenters. The van der Waals surface area contributed by atoms with Gasteiger partial charge in [0.15, 0.2) is 11.5 Å². The van der Waals surface area contributed by atoms with Crippen LogP contribution in [0.1, 0.15) is 55.3 Å². The minimum Gasteiger partial charge on any atom is -0.505 e. The molecule has 1 atom stereocenters. The summed E-state index contributed by atoms with van der Waals surface area (Å²) >= 11 is 12.4. The number of carbonyl (C=O) groups is 1. The van der Waals surface area contributed by atoms with Crippen molar-refractivity contribution in [3.8, 4) is 16.9 Å². The molecule has 3 fully saturated rings. The van der Waals surface area contributed by atoms with Gasteiger partial charge in [-0.15, -0.1) is 0 Å². The summed E-state index contributed by atoms with van der Waals surface area (Å²) in [6, 6.07) is 9.95. The predicted molar refractivity (Wildman–Crippen MR) is 147 cm³/mol. The third kappa shape index (κ3) is 5.04. The Bertz CT molecular complexity index is 1330. The fourth-order valence-electron chi connectivity index (χ4n) is 5.88. The van der Waals surface area contributed by atoms with Gasteiger partial charge in [-0.3, -0.25) is 14.7 Å². The van der Waals surface area contributed by atoms with Crippen molar-refractivity contribution in [3.63, 3.8) is 0 Å². The Morgan fingerprint density at radius 1 is 1.00 bits per heavy atom. The highest BCUT2D eigenvalue weighted by atomic mass is 35.5. The van der Waals surface area contributed by atoms with E-state index >= 15 is 0 Å². The van der Waals surface area contributed by atoms with E-state index in [1.165, 1.54) is 0 Å². The maximum absolute atomic E-state index is 13.7. The Balaban J connectivity index is 1.33. The van der Waals surface area contributed by atoms with Gasteiger partial charge < -0.3 is 10.4 Å². The van der Waals surface area contributed by atoms with Crippen LogP contribution in [-0.2, 0) is 0 Å². The summed E-state index contributed by atoms with van der Waals surface area (Å²) in [5.41, 5.74) is 3.94. The monoisotopic (exact) mass is 541 g/mol. The Kier molecular flexibility index (Phi) is 6.76. The van der Waals surface area contributed by atoms with Crippen LogP contribution in [0, 0.1) is 5.92 Å². The molecule has 0 bridgehead atoms. The second-order valence-corrected chi connectivity index (χ2v) is 11.6. The van der Waals surface area contributed by atoms with E-state index in [2.05, 4.69) is 15.2 Å². The highest BCUT2D eigenvalue weighted by molar-refractivity contribution is 6.37. The highest BCUT2D eigenvalue weighted by Crippen LogP contribution is 2.41. The number of halogens is 3. The van der Waals surface area contributed by atoms with Crippen LogP contribution in [0.2, 0.25) is 10.0 Å². The average molecular weight is 542 g/mol. The van der Waals surface area contributed by atoms with Gasteiger partial charge in [0.25, 0.3) is 0 Å². The molecule has 37 heavy (non-hydrogen) atoms. The molecule has 5 nitrogen and oxygen atoms in total. The maximum Gasteiger partial charge on any atom is 0.169 e. The summed E-state index contributed by atoms with van der Waals surface area (Å²) in [4.78, 5) is 20.2. The van der Waals surface area contributed by atoms with E-state index in [1.807, 2.05) is 18.2 Å². The van der Waals surface area contributed by atoms with Crippen molar-refractivity contribution in [1.29, 1.82) is 0 Å². The van der Waals surface area contributed by atoms with E-state index in [9.17, 15) is 14.3 Å². The Morgan fingerprint density at radius 2 is 1.73 bits per heavy atom. The van der Waals surface area contributed by atoms with Crippen LogP contribution < -0.4 is 5.32 Å². The topological polar surface area (TPSA) is 65.5 Å². The number of alkyl halides is 1. The van der Waals surface area contributed by atoms with Crippen LogP contribution in [0.15, 0.2) is 36.5 Å². The zero-order valence-electron chi connectivity index (χ0n) is 20.5. The van der Waals surface area contributed by atoms with E-state index in [1.54, 1.807) is 18.3 Å². The Labute approximate surface area is 226 Å². The van der Waals surface area contributed by atoms with Gasteiger partial charge in [-0.1, -0.05) is 29.3 Å². The van der Waals surface area contributed by atoms with Crippen molar-refractivity contribution in [3.05, 3.63) is 52.1 Å². The second kappa shape index (κ2) is 10.0. The number of hydrogen-bond donors (Lipinski definition) is 2. The standard InChI is InChI=1S/C29H30Cl2FN3O2/c30-24-12-18(13-25(31)29(24)37)17-3-8-26-22(11-17)27(23(14-33-26)28(36)16-1-2-16)34-20-4-6-21(7-5-20)35-10-9-19(32)15-35/h3,8,11-14,16,19-21,37H,1-2,4-7,9-10,15H2,(H,33,34). The predicted octanol–water partition coefficient (Wildman–Crippen LogP) is 7.27. The van der Waals surface area contributed by atoms with Crippen molar-refractivity contribution >= 4 is 45.6 Å². The fourth-order valence-corrected chi connectivity index (χ4v) is 6.36. The number of carbonyl (C=O) groups excluding carboxylic acids is 1. The van der Waals surface area contributed by atoms with Gasteiger partial charge in [-0.2, -0.15) is 0 Å². The minimum atomic E-state index is -0.692. The lowest BCUT2D eigenvalue weighted by molar-refractivity contribution is 0.0968. The van der Waals surface area contributed by atoms with Crippen LogP contribution in [0.25, 0.3) is 22.0 Å². The summed E-state index contributed by atoms with van der Waals surface area (Å²) in [5.74, 6) is 0.0933. The molecular weight excluding hydrogens is 512 g/mol. The molecule has 0 spiro atoms. The van der Waals surface area contributed by atoms with Crippen LogP contribution in [0.5, 0.6) is 5.75 Å². The molecule has 2 aliphatic carbocycles. The Hall–Kier alpha value is -2.41. The summed E-state index contributed by atoms with van der Waals surface area (Å²) < 4.78 is 13.7. The van der Waals surface area contributed by atoms with Crippen molar-refractivity contribution in [2.75, 3.05) is 18.4 Å². The van der Waals surface area contributed by atoms with E-state index in [0.717, 1.165) is 72.8 Å². The SMILES string of the molecule is O=C(c1cnc2ccc(-c3cc(Cl)c(O)c(Cl)c3)cc2c1NC1CCC(N2CCC(F)C2)CC1)C1CC1. The number of nitrogens with one attached hydrogen (secondary N) is 1. The molecule has 8 heteroatoms. The molecule has 194 valence electrons. The lowest BCUT2D eigenvalue weighted by Crippen LogP contribution is -2.39. The van der Waals surface area contributed by atoms with E-state index in [0.29, 0.717) is 24.6 Å². The molecule has 6 rings (SSSR count). The lowest BCUT2D eigenvalue weighted by atomic mass is 9.89. The van der Waals surface area contributed by atoms with Gasteiger partial charge in [-0.05, 0) is 80.3 Å². The van der Waals surface area contributed by atoms with Crippen LogP contribution in [0.3, 0.4) is 0 Å². The number of pyridine rings is 1. The first-order valence-electron chi connectivity index (χ1n) is 13.2. The van der Waals surface area contributed by atoms with Crippen LogP contribution in [0.4, 0.5) is 10.1 Å². The van der Waals surface area contributed by atoms with Crippen molar-refractivity contribution in [2.24, 2.45) is 5.92 Å². The van der Waals surface area contributed by atoms with Crippen LogP contribution in [-0.4, -0.2) is 52.1 Å². The third-order valence-corrected chi connectivity index (χ3v) is 8.73. The quantitative estimate of drug-likeness (QED) is 0.321. The van der Waals surface area contributed by atoms with E-state index in [4.69, 9.17) is 23.2 Å². The van der Waals surface area contributed by atoms with Crippen molar-refractivity contribution in [1.82, 2.24) is 9.88 Å². The fraction of sp³-hybridized carbons (Fsp3) is 0.448. The summed E-state index contributed by atoms with van der Waals surface area (Å²) in [5, 5.41) is 15.0. The number of aromatic nitrogens is 1. The number of fused-ring (bicyclic) bond motifs is 1.